The fourth-order valence-corrected chi connectivity index (χ4v) is 6.75. The lowest BCUT2D eigenvalue weighted by atomic mass is 9.93. The molecule has 0 saturated heterocycles. The smallest absolute Gasteiger partial charge is 0.338 e. The van der Waals surface area contributed by atoms with Gasteiger partial charge in [0.25, 0.3) is 5.56 Å². The van der Waals surface area contributed by atoms with E-state index in [2.05, 4.69) is 10.6 Å². The summed E-state index contributed by atoms with van der Waals surface area (Å²) in [6.45, 7) is 6.00. The molecule has 3 aromatic carbocycles. The van der Waals surface area contributed by atoms with Crippen molar-refractivity contribution < 1.29 is 14.3 Å². The van der Waals surface area contributed by atoms with Crippen LogP contribution in [0.1, 0.15) is 41.0 Å². The highest BCUT2D eigenvalue weighted by Crippen LogP contribution is 2.36. The zero-order valence-corrected chi connectivity index (χ0v) is 26.3. The fraction of sp³-hybridized carbons (Fsp3) is 0.171. The third kappa shape index (κ3) is 5.31. The molecule has 9 heteroatoms. The summed E-state index contributed by atoms with van der Waals surface area (Å²) in [4.78, 5) is 33.4. The second-order valence-electron chi connectivity index (χ2n) is 10.3. The summed E-state index contributed by atoms with van der Waals surface area (Å²) in [7, 11) is 1.59. The quantitative estimate of drug-likeness (QED) is 0.208. The molecule has 0 aliphatic carbocycles. The molecule has 0 amide bonds. The van der Waals surface area contributed by atoms with Gasteiger partial charge in [-0.15, -0.1) is 0 Å². The van der Waals surface area contributed by atoms with Gasteiger partial charge in [-0.3, -0.25) is 9.36 Å². The highest BCUT2D eigenvalue weighted by atomic mass is 35.5. The molecular weight excluding hydrogens is 594 g/mol. The molecule has 0 N–H and O–H groups in total. The first-order valence-electron chi connectivity index (χ1n) is 14.2. The number of halogens is 1. The highest BCUT2D eigenvalue weighted by molar-refractivity contribution is 7.07. The monoisotopic (exact) mass is 623 g/mol. The van der Waals surface area contributed by atoms with Gasteiger partial charge in [0.15, 0.2) is 4.80 Å². The van der Waals surface area contributed by atoms with E-state index in [0.717, 1.165) is 28.2 Å². The van der Waals surface area contributed by atoms with Gasteiger partial charge < -0.3 is 14.0 Å². The number of hydrogen-bond donors (Lipinski definition) is 0. The van der Waals surface area contributed by atoms with Gasteiger partial charge in [0.2, 0.25) is 0 Å². The third-order valence-electron chi connectivity index (χ3n) is 7.62. The Kier molecular flexibility index (Phi) is 8.12. The van der Waals surface area contributed by atoms with Crippen LogP contribution in [0.3, 0.4) is 0 Å². The molecule has 6 rings (SSSR count). The normalized spacial score (nSPS) is 14.8. The first-order chi connectivity index (χ1) is 21.3. The van der Waals surface area contributed by atoms with Crippen LogP contribution in [0.2, 0.25) is 5.02 Å². The second-order valence-corrected chi connectivity index (χ2v) is 11.8. The molecule has 44 heavy (non-hydrogen) atoms. The van der Waals surface area contributed by atoms with Crippen molar-refractivity contribution in [1.29, 1.82) is 0 Å². The van der Waals surface area contributed by atoms with Crippen LogP contribution in [-0.4, -0.2) is 28.8 Å². The minimum atomic E-state index is -0.778. The summed E-state index contributed by atoms with van der Waals surface area (Å²) in [5.41, 5.74) is 5.90. The Morgan fingerprint density at radius 3 is 2.48 bits per heavy atom. The molecule has 3 heterocycles. The summed E-state index contributed by atoms with van der Waals surface area (Å²) in [5.74, 6) is 0.0875. The first kappa shape index (κ1) is 29.4. The number of fused-ring (bicyclic) bond motifs is 1. The number of aryl methyl sites for hydroxylation is 1. The molecule has 2 aromatic heterocycles. The predicted octanol–water partition coefficient (Wildman–Crippen LogP) is 6.01. The Hall–Kier alpha value is -4.66. The van der Waals surface area contributed by atoms with E-state index in [-0.39, 0.29) is 12.2 Å². The van der Waals surface area contributed by atoms with Crippen molar-refractivity contribution >= 4 is 40.7 Å². The molecule has 7 nitrogen and oxygen atoms in total. The Bertz CT molecular complexity index is 2090. The van der Waals surface area contributed by atoms with E-state index in [0.29, 0.717) is 36.9 Å². The van der Waals surface area contributed by atoms with Crippen LogP contribution in [-0.2, 0) is 9.53 Å². The average molecular weight is 624 g/mol. The van der Waals surface area contributed by atoms with Gasteiger partial charge in [0.1, 0.15) is 5.75 Å². The van der Waals surface area contributed by atoms with Crippen molar-refractivity contribution in [1.82, 2.24) is 9.13 Å². The number of carbonyl (C=O) groups is 1. The first-order valence-corrected chi connectivity index (χ1v) is 15.4. The number of esters is 1. The number of thiazole rings is 1. The molecule has 1 aliphatic rings. The number of hydrogen-bond acceptors (Lipinski definition) is 6. The van der Waals surface area contributed by atoms with E-state index < -0.39 is 12.0 Å². The van der Waals surface area contributed by atoms with Crippen LogP contribution in [0, 0.1) is 13.8 Å². The number of nitrogens with zero attached hydrogens (tertiary/aromatic N) is 3. The second kappa shape index (κ2) is 12.1. The van der Waals surface area contributed by atoms with E-state index in [1.165, 1.54) is 11.3 Å². The van der Waals surface area contributed by atoms with E-state index in [1.54, 1.807) is 18.6 Å². The van der Waals surface area contributed by atoms with Crippen LogP contribution in [0.25, 0.3) is 17.5 Å². The lowest BCUT2D eigenvalue weighted by Crippen LogP contribution is -2.40. The molecule has 0 unspecified atom stereocenters. The van der Waals surface area contributed by atoms with E-state index in [4.69, 9.17) is 26.1 Å². The third-order valence-corrected chi connectivity index (χ3v) is 8.86. The zero-order chi connectivity index (χ0) is 31.0. The average Bonchev–Trinajstić information content (AvgIpc) is 3.50. The number of rotatable bonds is 7. The van der Waals surface area contributed by atoms with Crippen LogP contribution in [0.4, 0.5) is 0 Å². The number of benzene rings is 3. The van der Waals surface area contributed by atoms with Crippen LogP contribution in [0.5, 0.6) is 5.75 Å². The standard InChI is InChI=1S/C35H30ClN3O4S/c1-5-43-34(41)30-31(23-10-7-6-8-11-23)37-35-39(32(30)24-12-9-13-28(19-24)42-4)33(40)29(44-35)20-25-18-21(2)38(22(25)3)27-16-14-26(36)15-17-27/h6-20,32H,5H2,1-4H3/b29-20-/t32-/m1/s1. The van der Waals surface area contributed by atoms with Crippen molar-refractivity contribution in [2.75, 3.05) is 13.7 Å². The van der Waals surface area contributed by atoms with Gasteiger partial charge in [-0.25, -0.2) is 9.79 Å². The van der Waals surface area contributed by atoms with E-state index in [9.17, 15) is 9.59 Å². The number of aromatic nitrogens is 2. The van der Waals surface area contributed by atoms with Gasteiger partial charge in [0.05, 0.1) is 35.6 Å². The Morgan fingerprint density at radius 1 is 1.02 bits per heavy atom. The molecular formula is C35H30ClN3O4S. The molecule has 1 aliphatic heterocycles. The fourth-order valence-electron chi connectivity index (χ4n) is 5.63. The predicted molar refractivity (Wildman–Crippen MR) is 174 cm³/mol. The number of carbonyl (C=O) groups excluding carboxylic acids is 1. The van der Waals surface area contributed by atoms with Gasteiger partial charge in [0, 0.05) is 27.7 Å². The Labute approximate surface area is 263 Å². The largest absolute Gasteiger partial charge is 0.497 e. The van der Waals surface area contributed by atoms with Crippen LogP contribution < -0.4 is 19.6 Å². The minimum absolute atomic E-state index is 0.183. The maximum atomic E-state index is 14.3. The highest BCUT2D eigenvalue weighted by Gasteiger charge is 2.35. The van der Waals surface area contributed by atoms with E-state index >= 15 is 0 Å². The van der Waals surface area contributed by atoms with E-state index in [1.807, 2.05) is 98.8 Å². The number of methoxy groups -OCH3 is 1. The SMILES string of the molecule is CCOC(=O)C1=C(c2ccccc2)N=c2s/c(=C\c3cc(C)n(-c4ccc(Cl)cc4)c3C)c(=O)n2[C@@H]1c1cccc(OC)c1. The summed E-state index contributed by atoms with van der Waals surface area (Å²) >= 11 is 7.42. The number of ether oxygens (including phenoxy) is 2. The molecule has 0 fully saturated rings. The minimum Gasteiger partial charge on any atom is -0.497 e. The van der Waals surface area contributed by atoms with Crippen LogP contribution >= 0.6 is 22.9 Å². The topological polar surface area (TPSA) is 74.8 Å². The van der Waals surface area contributed by atoms with Crippen molar-refractivity contribution in [2.24, 2.45) is 4.99 Å². The molecule has 5 aromatic rings. The zero-order valence-electron chi connectivity index (χ0n) is 24.7. The van der Waals surface area contributed by atoms with Gasteiger partial charge in [-0.05, 0) is 80.4 Å². The summed E-state index contributed by atoms with van der Waals surface area (Å²) in [6.07, 6.45) is 1.90. The van der Waals surface area contributed by atoms with Crippen molar-refractivity contribution in [2.45, 2.75) is 26.8 Å². The molecule has 222 valence electrons. The lowest BCUT2D eigenvalue weighted by molar-refractivity contribution is -0.138. The maximum absolute atomic E-state index is 14.3. The van der Waals surface area contributed by atoms with Crippen molar-refractivity contribution in [3.05, 3.63) is 143 Å². The molecule has 0 radical (unpaired) electrons. The van der Waals surface area contributed by atoms with Crippen LogP contribution in [0.15, 0.2) is 100 Å². The lowest BCUT2D eigenvalue weighted by Gasteiger charge is -2.26. The molecule has 0 saturated carbocycles. The summed E-state index contributed by atoms with van der Waals surface area (Å²) in [6, 6.07) is 25.8. The van der Waals surface area contributed by atoms with Crippen molar-refractivity contribution in [3.63, 3.8) is 0 Å². The summed E-state index contributed by atoms with van der Waals surface area (Å²) < 4.78 is 15.3. The van der Waals surface area contributed by atoms with Gasteiger partial charge >= 0.3 is 5.97 Å². The van der Waals surface area contributed by atoms with Gasteiger partial charge in [-0.1, -0.05) is 65.4 Å². The molecule has 0 bridgehead atoms. The Morgan fingerprint density at radius 2 is 1.77 bits per heavy atom. The van der Waals surface area contributed by atoms with Gasteiger partial charge in [-0.2, -0.15) is 0 Å². The maximum Gasteiger partial charge on any atom is 0.338 e. The van der Waals surface area contributed by atoms with Crippen molar-refractivity contribution in [3.8, 4) is 11.4 Å². The Balaban J connectivity index is 1.60. The summed E-state index contributed by atoms with van der Waals surface area (Å²) in [5, 5.41) is 0.667. The molecule has 0 spiro atoms. The molecule has 1 atom stereocenters.